The average Bonchev–Trinajstić information content (AvgIpc) is 2.47. The Kier molecular flexibility index (Phi) is 4.01. The topological polar surface area (TPSA) is 50.9 Å². The van der Waals surface area contributed by atoms with Gasteiger partial charge in [-0.3, -0.25) is 5.84 Å². The van der Waals surface area contributed by atoms with Crippen molar-refractivity contribution in [2.75, 3.05) is 5.43 Å². The third-order valence-electron chi connectivity index (χ3n) is 3.44. The molecule has 5 heteroatoms. The summed E-state index contributed by atoms with van der Waals surface area (Å²) in [6.07, 6.45) is 0. The molecule has 0 fully saturated rings. The number of benzene rings is 2. The highest BCUT2D eigenvalue weighted by atomic mass is 127. The van der Waals surface area contributed by atoms with E-state index in [1.54, 1.807) is 0 Å². The number of halogens is 2. The molecule has 0 atom stereocenters. The molecule has 0 radical (unpaired) electrons. The molecule has 1 heterocycles. The summed E-state index contributed by atoms with van der Waals surface area (Å²) in [7, 11) is 0. The number of anilines is 1. The summed E-state index contributed by atoms with van der Waals surface area (Å²) in [5.74, 6) is 5.74. The summed E-state index contributed by atoms with van der Waals surface area (Å²) in [4.78, 5) is 4.76. The molecule has 0 aliphatic carbocycles. The number of nitrogens with two attached hydrogens (primary N) is 1. The van der Waals surface area contributed by atoms with E-state index in [1.807, 2.05) is 49.4 Å². The van der Waals surface area contributed by atoms with Gasteiger partial charge in [-0.2, -0.15) is 0 Å². The van der Waals surface area contributed by atoms with Gasteiger partial charge < -0.3 is 5.43 Å². The molecule has 0 aliphatic heterocycles. The second kappa shape index (κ2) is 5.79. The predicted molar refractivity (Wildman–Crippen MR) is 97.5 cm³/mol. The molecule has 3 N–H and O–H groups in total. The maximum absolute atomic E-state index is 6.37. The van der Waals surface area contributed by atoms with Crippen LogP contribution in [0, 0.1) is 10.5 Å². The Labute approximate surface area is 141 Å². The van der Waals surface area contributed by atoms with Crippen LogP contribution in [-0.2, 0) is 0 Å². The van der Waals surface area contributed by atoms with Crippen molar-refractivity contribution in [3.8, 4) is 11.3 Å². The van der Waals surface area contributed by atoms with E-state index in [9.17, 15) is 0 Å². The van der Waals surface area contributed by atoms with E-state index < -0.39 is 0 Å². The summed E-state index contributed by atoms with van der Waals surface area (Å²) in [6, 6.07) is 14.0. The Morgan fingerprint density at radius 3 is 2.57 bits per heavy atom. The van der Waals surface area contributed by atoms with Crippen LogP contribution < -0.4 is 11.3 Å². The van der Waals surface area contributed by atoms with E-state index >= 15 is 0 Å². The number of nitrogens with one attached hydrogen (secondary N) is 1. The predicted octanol–water partition coefficient (Wildman–Crippen LogP) is 4.75. The zero-order valence-electron chi connectivity index (χ0n) is 11.3. The largest absolute Gasteiger partial charge is 0.323 e. The zero-order chi connectivity index (χ0) is 15.0. The molecule has 0 saturated heterocycles. The van der Waals surface area contributed by atoms with Gasteiger partial charge in [-0.25, -0.2) is 4.98 Å². The van der Waals surface area contributed by atoms with Gasteiger partial charge in [0.15, 0.2) is 0 Å². The first kappa shape index (κ1) is 14.6. The van der Waals surface area contributed by atoms with Crippen LogP contribution >= 0.6 is 34.2 Å². The lowest BCUT2D eigenvalue weighted by Gasteiger charge is -2.15. The molecular formula is C16H13ClIN3. The number of pyridine rings is 1. The van der Waals surface area contributed by atoms with Gasteiger partial charge in [-0.05, 0) is 41.6 Å². The molecule has 0 bridgehead atoms. The zero-order valence-corrected chi connectivity index (χ0v) is 14.2. The number of rotatable bonds is 2. The van der Waals surface area contributed by atoms with Crippen molar-refractivity contribution >= 4 is 50.8 Å². The lowest BCUT2D eigenvalue weighted by Crippen LogP contribution is -2.10. The Balaban J connectivity index is 2.41. The lowest BCUT2D eigenvalue weighted by atomic mass is 10.0. The summed E-state index contributed by atoms with van der Waals surface area (Å²) >= 11 is 8.60. The molecule has 0 aliphatic rings. The number of fused-ring (bicyclic) bond motifs is 1. The number of aromatic nitrogens is 1. The van der Waals surface area contributed by atoms with Crippen molar-refractivity contribution in [3.05, 3.63) is 56.6 Å². The van der Waals surface area contributed by atoms with E-state index in [-0.39, 0.29) is 0 Å². The van der Waals surface area contributed by atoms with Gasteiger partial charge in [0.05, 0.1) is 21.9 Å². The third kappa shape index (κ3) is 2.59. The summed E-state index contributed by atoms with van der Waals surface area (Å²) < 4.78 is 1.05. The summed E-state index contributed by atoms with van der Waals surface area (Å²) in [6.45, 7) is 2.01. The van der Waals surface area contributed by atoms with Crippen molar-refractivity contribution in [2.45, 2.75) is 6.92 Å². The van der Waals surface area contributed by atoms with E-state index in [1.165, 1.54) is 0 Å². The molecule has 0 unspecified atom stereocenters. The van der Waals surface area contributed by atoms with Gasteiger partial charge in [0.2, 0.25) is 0 Å². The van der Waals surface area contributed by atoms with Crippen LogP contribution in [0.2, 0.25) is 5.02 Å². The number of hydrogen-bond donors (Lipinski definition) is 2. The molecule has 3 nitrogen and oxygen atoms in total. The lowest BCUT2D eigenvalue weighted by molar-refractivity contribution is 1.28. The maximum atomic E-state index is 6.37. The van der Waals surface area contributed by atoms with E-state index in [0.717, 1.165) is 37.0 Å². The molecule has 0 spiro atoms. The van der Waals surface area contributed by atoms with Crippen LogP contribution in [0.4, 0.5) is 5.69 Å². The fourth-order valence-electron chi connectivity index (χ4n) is 2.45. The minimum Gasteiger partial charge on any atom is -0.323 e. The Bertz CT molecular complexity index is 819. The van der Waals surface area contributed by atoms with Crippen molar-refractivity contribution in [3.63, 3.8) is 0 Å². The van der Waals surface area contributed by atoms with E-state index in [0.29, 0.717) is 5.02 Å². The van der Waals surface area contributed by atoms with Crippen LogP contribution in [0.1, 0.15) is 5.56 Å². The second-order valence-electron chi connectivity index (χ2n) is 4.75. The number of nitrogens with zero attached hydrogens (tertiary/aromatic N) is 1. The normalized spacial score (nSPS) is 10.9. The van der Waals surface area contributed by atoms with Crippen LogP contribution in [0.25, 0.3) is 22.2 Å². The van der Waals surface area contributed by atoms with Gasteiger partial charge in [-0.15, -0.1) is 0 Å². The highest BCUT2D eigenvalue weighted by Gasteiger charge is 2.15. The van der Waals surface area contributed by atoms with E-state index in [4.69, 9.17) is 22.4 Å². The molecule has 3 rings (SSSR count). The van der Waals surface area contributed by atoms with Crippen LogP contribution in [-0.4, -0.2) is 4.98 Å². The average molecular weight is 410 g/mol. The third-order valence-corrected chi connectivity index (χ3v) is 4.35. The summed E-state index contributed by atoms with van der Waals surface area (Å²) in [5, 5.41) is 1.57. The number of hydrogen-bond acceptors (Lipinski definition) is 3. The molecule has 21 heavy (non-hydrogen) atoms. The first-order valence-electron chi connectivity index (χ1n) is 6.43. The van der Waals surface area contributed by atoms with Gasteiger partial charge in [0.1, 0.15) is 0 Å². The molecule has 0 amide bonds. The van der Waals surface area contributed by atoms with Crippen LogP contribution in [0.5, 0.6) is 0 Å². The quantitative estimate of drug-likeness (QED) is 0.365. The molecule has 106 valence electrons. The standard InChI is InChI=1S/C16H13ClIN3/c1-9-14(10-5-3-2-4-6-10)20-16-12(15(9)21-19)7-11(18)8-13(16)17/h2-8H,19H2,1H3,(H,20,21). The number of hydrazine groups is 1. The van der Waals surface area contributed by atoms with Gasteiger partial charge >= 0.3 is 0 Å². The monoisotopic (exact) mass is 409 g/mol. The van der Waals surface area contributed by atoms with Gasteiger partial charge in [-0.1, -0.05) is 41.9 Å². The fraction of sp³-hybridized carbons (Fsp3) is 0.0625. The van der Waals surface area contributed by atoms with Crippen molar-refractivity contribution < 1.29 is 0 Å². The fourth-order valence-corrected chi connectivity index (χ4v) is 3.52. The maximum Gasteiger partial charge on any atom is 0.0917 e. The van der Waals surface area contributed by atoms with Crippen molar-refractivity contribution in [2.24, 2.45) is 5.84 Å². The smallest absolute Gasteiger partial charge is 0.0917 e. The highest BCUT2D eigenvalue weighted by molar-refractivity contribution is 14.1. The Morgan fingerprint density at radius 2 is 1.90 bits per heavy atom. The molecule has 1 aromatic heterocycles. The SMILES string of the molecule is Cc1c(-c2ccccc2)nc2c(Cl)cc(I)cc2c1NN. The first-order chi connectivity index (χ1) is 10.1. The number of nitrogen functional groups attached to an aromatic ring is 1. The molecule has 0 saturated carbocycles. The van der Waals surface area contributed by atoms with E-state index in [2.05, 4.69) is 28.0 Å². The molecule has 3 aromatic rings. The van der Waals surface area contributed by atoms with Gasteiger partial charge in [0, 0.05) is 20.1 Å². The molecular weight excluding hydrogens is 397 g/mol. The van der Waals surface area contributed by atoms with Crippen LogP contribution in [0.15, 0.2) is 42.5 Å². The highest BCUT2D eigenvalue weighted by Crippen LogP contribution is 2.36. The summed E-state index contributed by atoms with van der Waals surface area (Å²) in [5.41, 5.74) is 7.36. The minimum atomic E-state index is 0.630. The van der Waals surface area contributed by atoms with Crippen LogP contribution in [0.3, 0.4) is 0 Å². The van der Waals surface area contributed by atoms with Crippen molar-refractivity contribution in [1.82, 2.24) is 4.98 Å². The minimum absolute atomic E-state index is 0.630. The second-order valence-corrected chi connectivity index (χ2v) is 6.41. The molecule has 2 aromatic carbocycles. The first-order valence-corrected chi connectivity index (χ1v) is 7.89. The Hall–Kier alpha value is -1.37. The van der Waals surface area contributed by atoms with Crippen molar-refractivity contribution in [1.29, 1.82) is 0 Å². The Morgan fingerprint density at radius 1 is 1.19 bits per heavy atom. The van der Waals surface area contributed by atoms with Gasteiger partial charge in [0.25, 0.3) is 0 Å².